The third-order valence-electron chi connectivity index (χ3n) is 1.18. The van der Waals surface area contributed by atoms with Crippen molar-refractivity contribution in [2.45, 2.75) is 0 Å². The summed E-state index contributed by atoms with van der Waals surface area (Å²) >= 11 is 8.99. The van der Waals surface area contributed by atoms with Crippen molar-refractivity contribution in [1.82, 2.24) is 0 Å². The van der Waals surface area contributed by atoms with E-state index in [1.54, 1.807) is 6.07 Å². The fourth-order valence-corrected chi connectivity index (χ4v) is 1.51. The molecule has 1 radical (unpaired) electrons. The summed E-state index contributed by atoms with van der Waals surface area (Å²) in [7, 11) is 0. The number of anilines is 1. The highest BCUT2D eigenvalue weighted by Crippen LogP contribution is 2.26. The van der Waals surface area contributed by atoms with Gasteiger partial charge in [-0.1, -0.05) is 27.5 Å². The molecule has 0 amide bonds. The van der Waals surface area contributed by atoms with Crippen LogP contribution in [0.5, 0.6) is 0 Å². The molecule has 0 spiro atoms. The van der Waals surface area contributed by atoms with Crippen molar-refractivity contribution < 1.29 is 0 Å². The van der Waals surface area contributed by atoms with Crippen molar-refractivity contribution in [3.05, 3.63) is 34.1 Å². The largest absolute Gasteiger partial charge is 0.397 e. The molecule has 10 heavy (non-hydrogen) atoms. The Morgan fingerprint density at radius 3 is 2.60 bits per heavy atom. The summed E-state index contributed by atoms with van der Waals surface area (Å²) in [5.74, 6) is 0. The Balaban J connectivity index is 3.31. The lowest BCUT2D eigenvalue weighted by molar-refractivity contribution is 1.56. The van der Waals surface area contributed by atoms with Gasteiger partial charge in [-0.3, -0.25) is 0 Å². The van der Waals surface area contributed by atoms with Gasteiger partial charge in [0.15, 0.2) is 0 Å². The second-order valence-corrected chi connectivity index (χ2v) is 3.28. The van der Waals surface area contributed by atoms with Gasteiger partial charge in [-0.05, 0) is 24.6 Å². The first-order valence-electron chi connectivity index (χ1n) is 2.67. The monoisotopic (exact) mass is 218 g/mol. The second kappa shape index (κ2) is 2.81. The smallest absolute Gasteiger partial charge is 0.0649 e. The van der Waals surface area contributed by atoms with E-state index in [9.17, 15) is 0 Å². The Kier molecular flexibility index (Phi) is 2.21. The van der Waals surface area contributed by atoms with E-state index >= 15 is 0 Å². The summed E-state index contributed by atoms with van der Waals surface area (Å²) in [5.41, 5.74) is 6.83. The maximum absolute atomic E-state index is 5.72. The summed E-state index contributed by atoms with van der Waals surface area (Å²) < 4.78 is 0.900. The van der Waals surface area contributed by atoms with Gasteiger partial charge in [0.05, 0.1) is 10.7 Å². The van der Waals surface area contributed by atoms with Crippen LogP contribution in [0.25, 0.3) is 0 Å². The first kappa shape index (κ1) is 7.89. The number of benzene rings is 1. The van der Waals surface area contributed by atoms with Gasteiger partial charge in [0.2, 0.25) is 0 Å². The average molecular weight is 219 g/mol. The minimum Gasteiger partial charge on any atom is -0.397 e. The molecular weight excluding hydrogens is 213 g/mol. The maximum Gasteiger partial charge on any atom is 0.0649 e. The van der Waals surface area contributed by atoms with Gasteiger partial charge in [-0.2, -0.15) is 0 Å². The lowest BCUT2D eigenvalue weighted by Gasteiger charge is -2.01. The fourth-order valence-electron chi connectivity index (χ4n) is 0.638. The highest BCUT2D eigenvalue weighted by Gasteiger charge is 1.99. The van der Waals surface area contributed by atoms with Crippen LogP contribution in [0, 0.1) is 6.92 Å². The molecule has 0 saturated carbocycles. The molecule has 2 N–H and O–H groups in total. The van der Waals surface area contributed by atoms with E-state index in [1.165, 1.54) is 0 Å². The molecule has 1 nitrogen and oxygen atoms in total. The topological polar surface area (TPSA) is 26.0 Å². The van der Waals surface area contributed by atoms with Gasteiger partial charge in [0, 0.05) is 4.47 Å². The standard InChI is InChI=1S/C7H6BrClN/c1-4-2-5(8)3-6(9)7(4)10/h2-3H,1,10H2. The minimum atomic E-state index is 0.541. The zero-order chi connectivity index (χ0) is 7.72. The number of hydrogen-bond donors (Lipinski definition) is 1. The molecule has 3 heteroatoms. The second-order valence-electron chi connectivity index (χ2n) is 1.96. The van der Waals surface area contributed by atoms with Crippen LogP contribution >= 0.6 is 27.5 Å². The third-order valence-corrected chi connectivity index (χ3v) is 1.95. The van der Waals surface area contributed by atoms with Crippen molar-refractivity contribution in [3.8, 4) is 0 Å². The van der Waals surface area contributed by atoms with Crippen molar-refractivity contribution in [2.24, 2.45) is 0 Å². The third kappa shape index (κ3) is 1.44. The van der Waals surface area contributed by atoms with Crippen molar-refractivity contribution >= 4 is 33.2 Å². The van der Waals surface area contributed by atoms with E-state index in [2.05, 4.69) is 22.9 Å². The molecule has 0 aliphatic heterocycles. The fraction of sp³-hybridized carbons (Fsp3) is 0. The molecule has 0 fully saturated rings. The van der Waals surface area contributed by atoms with Gasteiger partial charge in [0.25, 0.3) is 0 Å². The Bertz CT molecular complexity index is 237. The van der Waals surface area contributed by atoms with Gasteiger partial charge >= 0.3 is 0 Å². The Labute approximate surface area is 73.3 Å². The predicted molar refractivity (Wildman–Crippen MR) is 48.0 cm³/mol. The van der Waals surface area contributed by atoms with Crippen LogP contribution < -0.4 is 5.73 Å². The molecule has 0 aliphatic rings. The normalized spacial score (nSPS) is 9.90. The molecule has 1 rings (SSSR count). The maximum atomic E-state index is 5.72. The Morgan fingerprint density at radius 1 is 1.50 bits per heavy atom. The molecule has 1 aromatic rings. The highest BCUT2D eigenvalue weighted by atomic mass is 79.9. The zero-order valence-corrected chi connectivity index (χ0v) is 7.54. The summed E-state index contributed by atoms with van der Waals surface area (Å²) in [6, 6.07) is 3.56. The van der Waals surface area contributed by atoms with E-state index in [4.69, 9.17) is 17.3 Å². The van der Waals surface area contributed by atoms with Crippen LogP contribution in [0.4, 0.5) is 5.69 Å². The van der Waals surface area contributed by atoms with Crippen molar-refractivity contribution in [2.75, 3.05) is 5.73 Å². The predicted octanol–water partition coefficient (Wildman–Crippen LogP) is 2.87. The molecule has 0 heterocycles. The summed E-state index contributed by atoms with van der Waals surface area (Å²) in [6.07, 6.45) is 0. The summed E-state index contributed by atoms with van der Waals surface area (Å²) in [5, 5.41) is 0.541. The lowest BCUT2D eigenvalue weighted by atomic mass is 10.2. The minimum absolute atomic E-state index is 0.541. The molecule has 0 unspecified atom stereocenters. The van der Waals surface area contributed by atoms with E-state index < -0.39 is 0 Å². The van der Waals surface area contributed by atoms with E-state index in [0.29, 0.717) is 10.7 Å². The lowest BCUT2D eigenvalue weighted by Crippen LogP contribution is -1.89. The van der Waals surface area contributed by atoms with Crippen LogP contribution in [0.1, 0.15) is 5.56 Å². The number of halogens is 2. The van der Waals surface area contributed by atoms with Crippen LogP contribution in [-0.4, -0.2) is 0 Å². The SMILES string of the molecule is [CH2]c1cc(Br)cc(Cl)c1N. The number of hydrogen-bond acceptors (Lipinski definition) is 1. The van der Waals surface area contributed by atoms with E-state index in [1.807, 2.05) is 6.07 Å². The molecule has 1 aromatic carbocycles. The molecule has 0 saturated heterocycles. The Hall–Kier alpha value is -0.210. The quantitative estimate of drug-likeness (QED) is 0.667. The molecule has 53 valence electrons. The number of nitrogen functional groups attached to an aromatic ring is 1. The molecule has 0 aliphatic carbocycles. The van der Waals surface area contributed by atoms with Crippen molar-refractivity contribution in [1.29, 1.82) is 0 Å². The van der Waals surface area contributed by atoms with E-state index in [0.717, 1.165) is 10.0 Å². The van der Waals surface area contributed by atoms with Gasteiger partial charge < -0.3 is 5.73 Å². The molecule has 0 bridgehead atoms. The summed E-state index contributed by atoms with van der Waals surface area (Å²) in [6.45, 7) is 3.70. The van der Waals surface area contributed by atoms with Crippen LogP contribution in [0.15, 0.2) is 16.6 Å². The van der Waals surface area contributed by atoms with Crippen LogP contribution in [0.3, 0.4) is 0 Å². The van der Waals surface area contributed by atoms with Gasteiger partial charge in [-0.25, -0.2) is 0 Å². The molecular formula is C7H6BrClN. The van der Waals surface area contributed by atoms with Crippen LogP contribution in [-0.2, 0) is 0 Å². The number of rotatable bonds is 0. The zero-order valence-electron chi connectivity index (χ0n) is 5.20. The molecule has 0 atom stereocenters. The van der Waals surface area contributed by atoms with Crippen LogP contribution in [0.2, 0.25) is 5.02 Å². The first-order chi connectivity index (χ1) is 4.61. The average Bonchev–Trinajstić information content (AvgIpc) is 1.82. The first-order valence-corrected chi connectivity index (χ1v) is 3.85. The highest BCUT2D eigenvalue weighted by molar-refractivity contribution is 9.10. The van der Waals surface area contributed by atoms with Gasteiger partial charge in [-0.15, -0.1) is 0 Å². The summed E-state index contributed by atoms with van der Waals surface area (Å²) in [4.78, 5) is 0. The van der Waals surface area contributed by atoms with Gasteiger partial charge in [0.1, 0.15) is 0 Å². The number of nitrogens with two attached hydrogens (primary N) is 1. The Morgan fingerprint density at radius 2 is 2.10 bits per heavy atom. The molecule has 0 aromatic heterocycles. The van der Waals surface area contributed by atoms with Crippen molar-refractivity contribution in [3.63, 3.8) is 0 Å². The van der Waals surface area contributed by atoms with E-state index in [-0.39, 0.29) is 0 Å².